The first-order valence-corrected chi connectivity index (χ1v) is 23.1. The highest BCUT2D eigenvalue weighted by Crippen LogP contribution is 2.39. The molecule has 2 heterocycles. The molecule has 61 heavy (non-hydrogen) atoms. The van der Waals surface area contributed by atoms with Gasteiger partial charge in [-0.25, -0.2) is 13.6 Å². The van der Waals surface area contributed by atoms with E-state index in [-0.39, 0.29) is 74.6 Å². The Balaban J connectivity index is 1.13. The number of ether oxygens (including phenoxy) is 1. The molecule has 2 aliphatic rings. The van der Waals surface area contributed by atoms with E-state index in [2.05, 4.69) is 15.5 Å². The standard InChI is InChI=1S/C43H50F2IN5O8S2/c1-43(2)27-51(61(56,57)50(19-21-58-3)20-22-59-46)18-17-49(43)26-29-7-6-8-31(23-29)39(52)48-41-38(34-9-4-5-10-37(34)60-41)40(53)47-32-24-35(44)33(36(45)25-32)16-13-28-11-14-30(15-12-28)42(54)55/h6-8,11-12,14-15,23-25H,4-5,9-10,13,16-22,26-27H2,1-3H3,(H,47,53)(H,48,52)(H,54,55). The number of carbonyl (C=O) groups excluding carboxylic acids is 2. The van der Waals surface area contributed by atoms with E-state index >= 15 is 8.78 Å². The predicted molar refractivity (Wildman–Crippen MR) is 239 cm³/mol. The number of amides is 2. The van der Waals surface area contributed by atoms with Gasteiger partial charge >= 0.3 is 5.97 Å². The van der Waals surface area contributed by atoms with Gasteiger partial charge in [0.15, 0.2) is 0 Å². The van der Waals surface area contributed by atoms with Crippen LogP contribution in [0, 0.1) is 11.6 Å². The van der Waals surface area contributed by atoms with Gasteiger partial charge in [-0.3, -0.25) is 14.5 Å². The summed E-state index contributed by atoms with van der Waals surface area (Å²) in [5.41, 5.74) is 2.39. The van der Waals surface area contributed by atoms with Gasteiger partial charge in [-0.05, 0) is 105 Å². The molecule has 0 saturated carbocycles. The number of nitrogens with one attached hydrogen (secondary N) is 2. The molecule has 3 N–H and O–H groups in total. The molecule has 328 valence electrons. The fraction of sp³-hybridized carbons (Fsp3) is 0.419. The molecule has 3 aromatic carbocycles. The zero-order valence-corrected chi connectivity index (χ0v) is 38.1. The molecule has 0 unspecified atom stereocenters. The number of hydrogen-bond donors (Lipinski definition) is 3. The van der Waals surface area contributed by atoms with Crippen molar-refractivity contribution in [3.8, 4) is 0 Å². The van der Waals surface area contributed by atoms with Gasteiger partial charge in [-0.2, -0.15) is 17.0 Å². The number of hydrogen-bond acceptors (Lipinski definition) is 9. The Kier molecular flexibility index (Phi) is 15.7. The van der Waals surface area contributed by atoms with Gasteiger partial charge in [0.1, 0.15) is 39.6 Å². The molecule has 0 bridgehead atoms. The van der Waals surface area contributed by atoms with Crippen LogP contribution < -0.4 is 10.6 Å². The maximum absolute atomic E-state index is 15.3. The zero-order chi connectivity index (χ0) is 43.9. The molecule has 1 aliphatic heterocycles. The molecule has 2 amide bonds. The Morgan fingerprint density at radius 1 is 0.902 bits per heavy atom. The van der Waals surface area contributed by atoms with Crippen LogP contribution in [0.25, 0.3) is 0 Å². The molecule has 1 fully saturated rings. The van der Waals surface area contributed by atoms with Crippen LogP contribution in [0.1, 0.15) is 84.9 Å². The van der Waals surface area contributed by atoms with E-state index in [1.54, 1.807) is 53.3 Å². The number of aryl methyl sites for hydroxylation is 2. The first-order chi connectivity index (χ1) is 29.1. The van der Waals surface area contributed by atoms with Crippen LogP contribution in [-0.4, -0.2) is 103 Å². The number of anilines is 2. The minimum atomic E-state index is -3.78. The lowest BCUT2D eigenvalue weighted by atomic mass is 9.95. The molecule has 6 rings (SSSR count). The van der Waals surface area contributed by atoms with E-state index in [9.17, 15) is 22.8 Å². The van der Waals surface area contributed by atoms with E-state index in [1.165, 1.54) is 39.2 Å². The van der Waals surface area contributed by atoms with Gasteiger partial charge < -0.3 is 23.5 Å². The molecule has 1 aliphatic carbocycles. The molecule has 1 aromatic heterocycles. The Morgan fingerprint density at radius 2 is 1.61 bits per heavy atom. The van der Waals surface area contributed by atoms with Gasteiger partial charge in [-0.1, -0.05) is 24.3 Å². The van der Waals surface area contributed by atoms with Crippen molar-refractivity contribution < 1.29 is 44.5 Å². The van der Waals surface area contributed by atoms with Crippen LogP contribution in [0.15, 0.2) is 60.7 Å². The molecule has 1 saturated heterocycles. The highest BCUT2D eigenvalue weighted by atomic mass is 127. The lowest BCUT2D eigenvalue weighted by Crippen LogP contribution is -2.62. The largest absolute Gasteiger partial charge is 0.478 e. The number of rotatable bonds is 18. The third kappa shape index (κ3) is 11.4. The SMILES string of the molecule is COCCN(CCOI)S(=O)(=O)N1CCN(Cc2cccc(C(=O)Nc3sc4c(c3C(=O)Nc3cc(F)c(CCc5ccc(C(=O)O)cc5)c(F)c3)CCCC4)c2)C(C)(C)C1. The van der Waals surface area contributed by atoms with Gasteiger partial charge in [0.2, 0.25) is 0 Å². The van der Waals surface area contributed by atoms with Crippen molar-refractivity contribution in [1.82, 2.24) is 13.5 Å². The molecule has 18 heteroatoms. The number of methoxy groups -OCH3 is 1. The number of nitrogens with zero attached hydrogens (tertiary/aromatic N) is 3. The number of thiophene rings is 1. The maximum Gasteiger partial charge on any atom is 0.335 e. The highest BCUT2D eigenvalue weighted by Gasteiger charge is 2.40. The lowest BCUT2D eigenvalue weighted by molar-refractivity contribution is 0.0441. The topological polar surface area (TPSA) is 158 Å². The summed E-state index contributed by atoms with van der Waals surface area (Å²) in [5, 5.41) is 15.1. The summed E-state index contributed by atoms with van der Waals surface area (Å²) in [5.74, 6) is -3.72. The average Bonchev–Trinajstić information content (AvgIpc) is 3.59. The number of halogens is 3. The summed E-state index contributed by atoms with van der Waals surface area (Å²) in [6.45, 7) is 6.37. The van der Waals surface area contributed by atoms with Crippen molar-refractivity contribution in [2.45, 2.75) is 64.5 Å². The Hall–Kier alpha value is -3.89. The van der Waals surface area contributed by atoms with E-state index in [1.807, 2.05) is 19.9 Å². The summed E-state index contributed by atoms with van der Waals surface area (Å²) < 4.78 is 71.2. The second kappa shape index (κ2) is 20.5. The van der Waals surface area contributed by atoms with Crippen LogP contribution in [0.2, 0.25) is 0 Å². The van der Waals surface area contributed by atoms with E-state index < -0.39 is 45.2 Å². The summed E-state index contributed by atoms with van der Waals surface area (Å²) in [6, 6.07) is 15.4. The Bertz CT molecular complexity index is 2310. The second-order valence-corrected chi connectivity index (χ2v) is 19.4. The van der Waals surface area contributed by atoms with Crippen molar-refractivity contribution in [2.24, 2.45) is 0 Å². The van der Waals surface area contributed by atoms with Crippen molar-refractivity contribution in [3.63, 3.8) is 0 Å². The smallest absolute Gasteiger partial charge is 0.335 e. The van der Waals surface area contributed by atoms with E-state index in [0.29, 0.717) is 30.1 Å². The first kappa shape index (κ1) is 46.6. The van der Waals surface area contributed by atoms with Crippen molar-refractivity contribution in [2.75, 3.05) is 63.7 Å². The third-order valence-electron chi connectivity index (χ3n) is 11.1. The highest BCUT2D eigenvalue weighted by molar-refractivity contribution is 14.1. The van der Waals surface area contributed by atoms with Gasteiger partial charge in [0, 0.05) is 73.6 Å². The van der Waals surface area contributed by atoms with Gasteiger partial charge in [0.05, 0.1) is 24.3 Å². The summed E-state index contributed by atoms with van der Waals surface area (Å²) in [4.78, 5) is 42.1. The molecular weight excluding hydrogens is 944 g/mol. The number of fused-ring (bicyclic) bond motifs is 1. The van der Waals surface area contributed by atoms with Crippen LogP contribution in [0.3, 0.4) is 0 Å². The number of carboxylic acid groups (broad SMARTS) is 1. The third-order valence-corrected chi connectivity index (χ3v) is 14.7. The summed E-state index contributed by atoms with van der Waals surface area (Å²) >= 11 is 3.08. The van der Waals surface area contributed by atoms with E-state index in [4.69, 9.17) is 12.9 Å². The van der Waals surface area contributed by atoms with Crippen molar-refractivity contribution in [1.29, 1.82) is 0 Å². The predicted octanol–water partition coefficient (Wildman–Crippen LogP) is 7.35. The average molecular weight is 994 g/mol. The Morgan fingerprint density at radius 3 is 2.28 bits per heavy atom. The number of carboxylic acids is 1. The quantitative estimate of drug-likeness (QED) is 0.0868. The maximum atomic E-state index is 15.3. The molecule has 4 aromatic rings. The van der Waals surface area contributed by atoms with Crippen LogP contribution in [-0.2, 0) is 50.2 Å². The fourth-order valence-corrected chi connectivity index (χ4v) is 11.0. The van der Waals surface area contributed by atoms with Crippen LogP contribution in [0.5, 0.6) is 0 Å². The first-order valence-electron chi connectivity index (χ1n) is 20.0. The zero-order valence-electron chi connectivity index (χ0n) is 34.3. The minimum Gasteiger partial charge on any atom is -0.478 e. The van der Waals surface area contributed by atoms with Crippen LogP contribution in [0.4, 0.5) is 19.5 Å². The van der Waals surface area contributed by atoms with E-state index in [0.717, 1.165) is 53.0 Å². The monoisotopic (exact) mass is 993 g/mol. The van der Waals surface area contributed by atoms with Crippen LogP contribution >= 0.6 is 34.3 Å². The Labute approximate surface area is 373 Å². The molecule has 0 radical (unpaired) electrons. The van der Waals surface area contributed by atoms with Gasteiger partial charge in [0.25, 0.3) is 22.0 Å². The second-order valence-electron chi connectivity index (χ2n) is 15.7. The van der Waals surface area contributed by atoms with Crippen molar-refractivity contribution >= 4 is 73.0 Å². The van der Waals surface area contributed by atoms with Crippen molar-refractivity contribution in [3.05, 3.63) is 116 Å². The number of piperazine rings is 1. The summed E-state index contributed by atoms with van der Waals surface area (Å²) in [6.07, 6.45) is 3.45. The van der Waals surface area contributed by atoms with Gasteiger partial charge in [-0.15, -0.1) is 11.3 Å². The molecule has 13 nitrogen and oxygen atoms in total. The molecule has 0 atom stereocenters. The number of carbonyl (C=O) groups is 3. The fourth-order valence-electron chi connectivity index (χ4n) is 7.76. The normalized spacial score (nSPS) is 15.7. The molecular formula is C43H50F2IN5O8S2. The summed E-state index contributed by atoms with van der Waals surface area (Å²) in [7, 11) is -2.25. The molecule has 0 spiro atoms. The lowest BCUT2D eigenvalue weighted by Gasteiger charge is -2.47. The number of benzene rings is 3. The number of aromatic carboxylic acids is 1. The minimum absolute atomic E-state index is 0.0243.